The van der Waals surface area contributed by atoms with Crippen molar-refractivity contribution in [1.29, 1.82) is 0 Å². The number of nitrogens with zero attached hydrogens (tertiary/aromatic N) is 1. The van der Waals surface area contributed by atoms with Crippen LogP contribution in [0.4, 0.5) is 4.79 Å². The van der Waals surface area contributed by atoms with Crippen LogP contribution in [0.5, 0.6) is 0 Å². The van der Waals surface area contributed by atoms with Crippen molar-refractivity contribution in [2.45, 2.75) is 12.5 Å². The van der Waals surface area contributed by atoms with Crippen molar-refractivity contribution in [2.24, 2.45) is 0 Å². The zero-order chi connectivity index (χ0) is 12.3. The molecular weight excluding hydrogens is 240 g/mol. The van der Waals surface area contributed by atoms with Gasteiger partial charge in [-0.25, -0.2) is 4.79 Å². The third-order valence-electron chi connectivity index (χ3n) is 2.85. The Morgan fingerprint density at radius 3 is 2.76 bits per heavy atom. The van der Waals surface area contributed by atoms with E-state index in [4.69, 9.17) is 16.7 Å². The van der Waals surface area contributed by atoms with E-state index in [1.165, 1.54) is 0 Å². The Hall–Kier alpha value is -1.26. The predicted octanol–water partition coefficient (Wildman–Crippen LogP) is 1.79. The number of benzene rings is 1. The second-order valence-corrected chi connectivity index (χ2v) is 4.51. The van der Waals surface area contributed by atoms with E-state index in [1.54, 1.807) is 4.90 Å². The van der Waals surface area contributed by atoms with Crippen LogP contribution in [-0.2, 0) is 0 Å². The highest BCUT2D eigenvalue weighted by Crippen LogP contribution is 2.21. The van der Waals surface area contributed by atoms with Gasteiger partial charge in [-0.3, -0.25) is 0 Å². The minimum absolute atomic E-state index is 0.0125. The molecule has 0 aromatic heterocycles. The van der Waals surface area contributed by atoms with Crippen LogP contribution in [0.2, 0.25) is 5.02 Å². The first-order valence-corrected chi connectivity index (χ1v) is 6.00. The molecule has 1 aliphatic rings. The first-order chi connectivity index (χ1) is 8.20. The molecule has 0 saturated carbocycles. The summed E-state index contributed by atoms with van der Waals surface area (Å²) in [6.45, 7) is 1.34. The van der Waals surface area contributed by atoms with Crippen molar-refractivity contribution in [3.63, 3.8) is 0 Å². The van der Waals surface area contributed by atoms with Crippen molar-refractivity contribution < 1.29 is 9.90 Å². The summed E-state index contributed by atoms with van der Waals surface area (Å²) in [5.74, 6) is 0. The summed E-state index contributed by atoms with van der Waals surface area (Å²) in [5, 5.41) is 12.4. The van der Waals surface area contributed by atoms with Crippen LogP contribution in [0.1, 0.15) is 18.0 Å². The highest BCUT2D eigenvalue weighted by atomic mass is 35.5. The third kappa shape index (κ3) is 2.90. The Labute approximate surface area is 105 Å². The highest BCUT2D eigenvalue weighted by Gasteiger charge is 2.28. The zero-order valence-electron chi connectivity index (χ0n) is 9.40. The van der Waals surface area contributed by atoms with E-state index in [9.17, 15) is 4.79 Å². The molecule has 1 fully saturated rings. The molecular formula is C12H15ClN2O2. The van der Waals surface area contributed by atoms with Gasteiger partial charge in [-0.15, -0.1) is 0 Å². The van der Waals surface area contributed by atoms with Crippen LogP contribution < -0.4 is 5.32 Å². The second-order valence-electron chi connectivity index (χ2n) is 4.08. The molecule has 92 valence electrons. The summed E-state index contributed by atoms with van der Waals surface area (Å²) in [6.07, 6.45) is 0.612. The maximum absolute atomic E-state index is 11.6. The van der Waals surface area contributed by atoms with E-state index in [2.05, 4.69) is 5.32 Å². The van der Waals surface area contributed by atoms with Gasteiger partial charge in [0, 0.05) is 24.7 Å². The van der Waals surface area contributed by atoms with Crippen molar-refractivity contribution in [1.82, 2.24) is 10.2 Å². The van der Waals surface area contributed by atoms with Gasteiger partial charge in [-0.05, 0) is 24.1 Å². The van der Waals surface area contributed by atoms with Crippen LogP contribution in [0.3, 0.4) is 0 Å². The van der Waals surface area contributed by atoms with Gasteiger partial charge in [-0.2, -0.15) is 0 Å². The molecule has 1 aliphatic heterocycles. The Balaban J connectivity index is 2.00. The van der Waals surface area contributed by atoms with E-state index in [1.807, 2.05) is 24.3 Å². The Bertz CT molecular complexity index is 394. The number of nitrogens with one attached hydrogen (secondary N) is 1. The third-order valence-corrected chi connectivity index (χ3v) is 3.10. The molecule has 1 unspecified atom stereocenters. The van der Waals surface area contributed by atoms with E-state index in [-0.39, 0.29) is 18.7 Å². The summed E-state index contributed by atoms with van der Waals surface area (Å²) in [5.41, 5.74) is 1.05. The summed E-state index contributed by atoms with van der Waals surface area (Å²) in [6, 6.07) is 7.42. The van der Waals surface area contributed by atoms with Crippen LogP contribution in [0.25, 0.3) is 0 Å². The molecule has 1 aromatic rings. The van der Waals surface area contributed by atoms with Gasteiger partial charge in [-0.1, -0.05) is 23.7 Å². The van der Waals surface area contributed by atoms with Gasteiger partial charge in [0.2, 0.25) is 0 Å². The number of aliphatic hydroxyl groups is 1. The smallest absolute Gasteiger partial charge is 0.318 e. The monoisotopic (exact) mass is 254 g/mol. The lowest BCUT2D eigenvalue weighted by atomic mass is 10.1. The Morgan fingerprint density at radius 1 is 1.41 bits per heavy atom. The number of rotatable bonds is 4. The molecule has 0 aliphatic carbocycles. The fraction of sp³-hybridized carbons (Fsp3) is 0.417. The van der Waals surface area contributed by atoms with Gasteiger partial charge >= 0.3 is 6.03 Å². The summed E-state index contributed by atoms with van der Waals surface area (Å²) >= 11 is 5.82. The molecule has 4 nitrogen and oxygen atoms in total. The maximum atomic E-state index is 11.6. The number of amides is 2. The molecule has 1 heterocycles. The van der Waals surface area contributed by atoms with Crippen LogP contribution in [-0.4, -0.2) is 35.7 Å². The van der Waals surface area contributed by atoms with Crippen molar-refractivity contribution in [2.75, 3.05) is 19.7 Å². The molecule has 0 radical (unpaired) electrons. The molecule has 1 atom stereocenters. The first-order valence-electron chi connectivity index (χ1n) is 5.62. The number of halogens is 1. The van der Waals surface area contributed by atoms with E-state index in [0.717, 1.165) is 5.56 Å². The van der Waals surface area contributed by atoms with E-state index in [0.29, 0.717) is 24.5 Å². The quantitative estimate of drug-likeness (QED) is 0.861. The Kier molecular flexibility index (Phi) is 3.86. The Morgan fingerprint density at radius 2 is 2.12 bits per heavy atom. The van der Waals surface area contributed by atoms with Crippen LogP contribution in [0.15, 0.2) is 24.3 Å². The van der Waals surface area contributed by atoms with Gasteiger partial charge in [0.15, 0.2) is 0 Å². The number of carbonyl (C=O) groups excluding carboxylic acids is 1. The second kappa shape index (κ2) is 5.38. The fourth-order valence-corrected chi connectivity index (χ4v) is 2.05. The average Bonchev–Trinajstić information content (AvgIpc) is 2.69. The number of hydrogen-bond acceptors (Lipinski definition) is 2. The van der Waals surface area contributed by atoms with Gasteiger partial charge < -0.3 is 15.3 Å². The number of hydrogen-bond donors (Lipinski definition) is 2. The van der Waals surface area contributed by atoms with Gasteiger partial charge in [0.1, 0.15) is 0 Å². The summed E-state index contributed by atoms with van der Waals surface area (Å²) in [7, 11) is 0. The predicted molar refractivity (Wildman–Crippen MR) is 66.0 cm³/mol. The molecule has 0 bridgehead atoms. The minimum Gasteiger partial charge on any atom is -0.396 e. The molecule has 17 heavy (non-hydrogen) atoms. The normalized spacial score (nSPS) is 19.5. The van der Waals surface area contributed by atoms with Crippen molar-refractivity contribution >= 4 is 17.6 Å². The van der Waals surface area contributed by atoms with Crippen LogP contribution in [0, 0.1) is 0 Å². The lowest BCUT2D eigenvalue weighted by Gasteiger charge is -2.13. The van der Waals surface area contributed by atoms with Gasteiger partial charge in [0.05, 0.1) is 6.04 Å². The lowest BCUT2D eigenvalue weighted by Crippen LogP contribution is -2.29. The SMILES string of the molecule is O=C1NC(c2ccc(Cl)cc2)CN1CCCO. The number of aliphatic hydroxyl groups excluding tert-OH is 1. The lowest BCUT2D eigenvalue weighted by molar-refractivity contribution is 0.209. The topological polar surface area (TPSA) is 52.6 Å². The molecule has 0 spiro atoms. The molecule has 2 N–H and O–H groups in total. The van der Waals surface area contributed by atoms with E-state index >= 15 is 0 Å². The maximum Gasteiger partial charge on any atom is 0.318 e. The standard InChI is InChI=1S/C12H15ClN2O2/c13-10-4-2-9(3-5-10)11-8-15(6-1-7-16)12(17)14-11/h2-5,11,16H,1,6-8H2,(H,14,17). The zero-order valence-corrected chi connectivity index (χ0v) is 10.2. The molecule has 2 amide bonds. The van der Waals surface area contributed by atoms with Crippen molar-refractivity contribution in [3.05, 3.63) is 34.9 Å². The van der Waals surface area contributed by atoms with Crippen LogP contribution >= 0.6 is 11.6 Å². The summed E-state index contributed by atoms with van der Waals surface area (Å²) in [4.78, 5) is 13.4. The molecule has 5 heteroatoms. The van der Waals surface area contributed by atoms with Gasteiger partial charge in [0.25, 0.3) is 0 Å². The molecule has 1 aromatic carbocycles. The minimum atomic E-state index is -0.0709. The van der Waals surface area contributed by atoms with Crippen molar-refractivity contribution in [3.8, 4) is 0 Å². The first kappa shape index (κ1) is 12.2. The highest BCUT2D eigenvalue weighted by molar-refractivity contribution is 6.30. The molecule has 1 saturated heterocycles. The van der Waals surface area contributed by atoms with E-state index < -0.39 is 0 Å². The number of urea groups is 1. The largest absolute Gasteiger partial charge is 0.396 e. The summed E-state index contributed by atoms with van der Waals surface area (Å²) < 4.78 is 0. The fourth-order valence-electron chi connectivity index (χ4n) is 1.93. The number of carbonyl (C=O) groups is 1. The molecule has 2 rings (SSSR count). The average molecular weight is 255 g/mol.